The van der Waals surface area contributed by atoms with Crippen molar-refractivity contribution in [3.8, 4) is 0 Å². The predicted molar refractivity (Wildman–Crippen MR) is 47.2 cm³/mol. The van der Waals surface area contributed by atoms with Crippen molar-refractivity contribution in [2.45, 2.75) is 6.61 Å². The van der Waals surface area contributed by atoms with Crippen LogP contribution in [-0.4, -0.2) is 29.7 Å². The van der Waals surface area contributed by atoms with Crippen molar-refractivity contribution in [3.63, 3.8) is 0 Å². The molecular weight excluding hydrogens is 184 g/mol. The third-order valence-corrected chi connectivity index (χ3v) is 1.26. The fourth-order valence-corrected chi connectivity index (χ4v) is 0.764. The second-order valence-electron chi connectivity index (χ2n) is 2.04. The second kappa shape index (κ2) is 9.33. The number of halogens is 1. The fourth-order valence-electron chi connectivity index (χ4n) is 0.764. The van der Waals surface area contributed by atoms with Gasteiger partial charge in [-0.25, -0.2) is 0 Å². The smallest absolute Gasteiger partial charge is 1.00 e. The summed E-state index contributed by atoms with van der Waals surface area (Å²) in [5.41, 5.74) is 1.20. The topological polar surface area (TPSA) is 9.23 Å². The zero-order chi connectivity index (χ0) is 7.23. The average Bonchev–Trinajstić information content (AvgIpc) is 2.03. The van der Waals surface area contributed by atoms with E-state index in [1.165, 1.54) is 5.56 Å². The Kier molecular flexibility index (Phi) is 11.5. The molecule has 0 bridgehead atoms. The van der Waals surface area contributed by atoms with E-state index in [9.17, 15) is 0 Å². The molecule has 0 aliphatic rings. The molecule has 1 rings (SSSR count). The zero-order valence-electron chi connectivity index (χ0n) is 7.00. The Morgan fingerprint density at radius 3 is 2.25 bits per heavy atom. The molecule has 0 radical (unpaired) electrons. The van der Waals surface area contributed by atoms with Crippen LogP contribution in [0.1, 0.15) is 5.56 Å². The summed E-state index contributed by atoms with van der Waals surface area (Å²) in [6.45, 7) is 4.79. The van der Waals surface area contributed by atoms with Crippen LogP contribution in [0, 0.1) is 6.92 Å². The molecule has 0 saturated heterocycles. The van der Waals surface area contributed by atoms with Gasteiger partial charge >= 0.3 is 23.1 Å². The minimum absolute atomic E-state index is 0. The Labute approximate surface area is 96.1 Å². The molecule has 1 nitrogen and oxygen atoms in total. The molecule has 0 fully saturated rings. The molecule has 0 spiro atoms. The Morgan fingerprint density at radius 1 is 1.17 bits per heavy atom. The molecule has 0 saturated carbocycles. The van der Waals surface area contributed by atoms with Crippen molar-refractivity contribution >= 4 is 23.1 Å². The molecule has 0 aliphatic heterocycles. The van der Waals surface area contributed by atoms with Crippen LogP contribution in [-0.2, 0) is 11.3 Å². The maximum atomic E-state index is 5.11. The maximum Gasteiger partial charge on any atom is 2.00 e. The first-order valence-corrected chi connectivity index (χ1v) is 3.34. The summed E-state index contributed by atoms with van der Waals surface area (Å²) in [5.74, 6) is 0. The number of hydrogen-bond donors (Lipinski definition) is 0. The second-order valence-corrected chi connectivity index (χ2v) is 2.04. The normalized spacial score (nSPS) is 8.08. The van der Waals surface area contributed by atoms with E-state index in [4.69, 9.17) is 4.74 Å². The summed E-state index contributed by atoms with van der Waals surface area (Å²) in [4.78, 5) is 0. The van der Waals surface area contributed by atoms with Crippen LogP contribution in [0.3, 0.4) is 0 Å². The Morgan fingerprint density at radius 2 is 1.75 bits per heavy atom. The van der Waals surface area contributed by atoms with Crippen molar-refractivity contribution in [1.29, 1.82) is 0 Å². The van der Waals surface area contributed by atoms with Gasteiger partial charge in [0.05, 0.1) is 6.61 Å². The number of hydrogen-bond acceptors (Lipinski definition) is 1. The molecule has 0 atom stereocenters. The molecule has 1 aromatic rings. The summed E-state index contributed by atoms with van der Waals surface area (Å²) in [6.07, 6.45) is 0. The minimum atomic E-state index is 0. The summed E-state index contributed by atoms with van der Waals surface area (Å²) in [6, 6.07) is 10.1. The van der Waals surface area contributed by atoms with Gasteiger partial charge in [-0.05, 0) is 5.56 Å². The van der Waals surface area contributed by atoms with Gasteiger partial charge in [0.1, 0.15) is 0 Å². The first-order chi connectivity index (χ1) is 4.93. The van der Waals surface area contributed by atoms with E-state index < -0.39 is 0 Å². The van der Waals surface area contributed by atoms with E-state index in [1.807, 2.05) is 30.3 Å². The van der Waals surface area contributed by atoms with Crippen LogP contribution < -0.4 is 12.4 Å². The Hall–Kier alpha value is 0.236. The van der Waals surface area contributed by atoms with Crippen LogP contribution in [0.15, 0.2) is 30.3 Å². The molecule has 62 valence electrons. The summed E-state index contributed by atoms with van der Waals surface area (Å²) >= 11 is 0. The number of ether oxygens (including phenoxy) is 1. The molecule has 1 aromatic carbocycles. The van der Waals surface area contributed by atoms with Gasteiger partial charge in [-0.15, -0.1) is 0 Å². The zero-order valence-corrected chi connectivity index (χ0v) is 9.17. The standard InChI is InChI=1S/C9H11O.ClH.Mg/c1-2-10-8-9-6-4-3-5-7-9;;/h3-7H,1-2,8H2;1H;/q-1;;+2/p-1. The minimum Gasteiger partial charge on any atom is -1.00 e. The maximum absolute atomic E-state index is 5.11. The van der Waals surface area contributed by atoms with Gasteiger partial charge < -0.3 is 24.1 Å². The van der Waals surface area contributed by atoms with Crippen LogP contribution in [0.5, 0.6) is 0 Å². The van der Waals surface area contributed by atoms with Gasteiger partial charge in [0, 0.05) is 0 Å². The van der Waals surface area contributed by atoms with Gasteiger partial charge in [0.25, 0.3) is 0 Å². The SMILES string of the molecule is [CH2-]COCc1ccccc1.[Cl-].[Mg+2]. The summed E-state index contributed by atoms with van der Waals surface area (Å²) in [5, 5.41) is 0. The van der Waals surface area contributed by atoms with Gasteiger partial charge in [-0.2, -0.15) is 0 Å². The van der Waals surface area contributed by atoms with E-state index in [0.29, 0.717) is 13.2 Å². The molecule has 0 aromatic heterocycles. The third kappa shape index (κ3) is 5.83. The van der Waals surface area contributed by atoms with Gasteiger partial charge in [0.2, 0.25) is 0 Å². The van der Waals surface area contributed by atoms with Gasteiger partial charge in [-0.3, -0.25) is 0 Å². The molecule has 0 N–H and O–H groups in total. The van der Waals surface area contributed by atoms with E-state index in [0.717, 1.165) is 0 Å². The first kappa shape index (κ1) is 14.7. The predicted octanol–water partition coefficient (Wildman–Crippen LogP) is -1.34. The fraction of sp³-hybridized carbons (Fsp3) is 0.222. The average molecular weight is 195 g/mol. The molecule has 0 amide bonds. The van der Waals surface area contributed by atoms with Crippen molar-refractivity contribution in [2.75, 3.05) is 6.61 Å². The largest absolute Gasteiger partial charge is 2.00 e. The van der Waals surface area contributed by atoms with Crippen molar-refractivity contribution < 1.29 is 17.1 Å². The molecule has 12 heavy (non-hydrogen) atoms. The van der Waals surface area contributed by atoms with E-state index in [1.54, 1.807) is 0 Å². The molecular formula is C9H11ClMgO. The molecule has 0 heterocycles. The monoisotopic (exact) mass is 194 g/mol. The van der Waals surface area contributed by atoms with Crippen LogP contribution in [0.2, 0.25) is 0 Å². The van der Waals surface area contributed by atoms with Crippen LogP contribution in [0.4, 0.5) is 0 Å². The van der Waals surface area contributed by atoms with Crippen molar-refractivity contribution in [2.24, 2.45) is 0 Å². The summed E-state index contributed by atoms with van der Waals surface area (Å²) < 4.78 is 5.11. The number of rotatable bonds is 3. The van der Waals surface area contributed by atoms with Gasteiger partial charge in [0.15, 0.2) is 0 Å². The number of benzene rings is 1. The van der Waals surface area contributed by atoms with Crippen molar-refractivity contribution in [1.82, 2.24) is 0 Å². The van der Waals surface area contributed by atoms with Gasteiger partial charge in [-0.1, -0.05) is 36.9 Å². The molecule has 0 aliphatic carbocycles. The van der Waals surface area contributed by atoms with Crippen LogP contribution >= 0.6 is 0 Å². The Bertz CT molecular complexity index is 179. The Balaban J connectivity index is 0. The van der Waals surface area contributed by atoms with E-state index in [2.05, 4.69) is 6.92 Å². The third-order valence-electron chi connectivity index (χ3n) is 1.26. The summed E-state index contributed by atoms with van der Waals surface area (Å²) in [7, 11) is 0. The molecule has 3 heteroatoms. The van der Waals surface area contributed by atoms with E-state index >= 15 is 0 Å². The molecule has 0 unspecified atom stereocenters. The van der Waals surface area contributed by atoms with Crippen LogP contribution in [0.25, 0.3) is 0 Å². The van der Waals surface area contributed by atoms with E-state index in [-0.39, 0.29) is 35.5 Å². The van der Waals surface area contributed by atoms with Crippen molar-refractivity contribution in [3.05, 3.63) is 42.8 Å². The quantitative estimate of drug-likeness (QED) is 0.428. The first-order valence-electron chi connectivity index (χ1n) is 3.34.